The lowest BCUT2D eigenvalue weighted by atomic mass is 10.2. The highest BCUT2D eigenvalue weighted by atomic mass is 32.2. The van der Waals surface area contributed by atoms with Crippen LogP contribution in [0.25, 0.3) is 0 Å². The molecule has 4 rings (SSSR count). The fraction of sp³-hybridized carbons (Fsp3) is 0.684. The summed E-state index contributed by atoms with van der Waals surface area (Å²) >= 11 is 1.74. The molecular formula is C19H29N5O4S2. The van der Waals surface area contributed by atoms with Gasteiger partial charge >= 0.3 is 0 Å². The molecule has 30 heavy (non-hydrogen) atoms. The van der Waals surface area contributed by atoms with Gasteiger partial charge in [-0.3, -0.25) is 14.5 Å². The topological polar surface area (TPSA) is 106 Å². The fourth-order valence-corrected chi connectivity index (χ4v) is 6.35. The van der Waals surface area contributed by atoms with Gasteiger partial charge in [-0.15, -0.1) is 0 Å². The third-order valence-electron chi connectivity index (χ3n) is 5.95. The van der Waals surface area contributed by atoms with Gasteiger partial charge in [0.2, 0.25) is 15.9 Å². The molecular weight excluding hydrogens is 426 g/mol. The highest BCUT2D eigenvalue weighted by Gasteiger charge is 2.32. The van der Waals surface area contributed by atoms with Crippen LogP contribution >= 0.6 is 11.8 Å². The Balaban J connectivity index is 1.34. The van der Waals surface area contributed by atoms with E-state index in [9.17, 15) is 18.0 Å². The minimum atomic E-state index is -3.57. The van der Waals surface area contributed by atoms with Crippen molar-refractivity contribution in [3.05, 3.63) is 18.0 Å². The number of thioether (sulfide) groups is 1. The van der Waals surface area contributed by atoms with Crippen molar-refractivity contribution in [2.24, 2.45) is 0 Å². The summed E-state index contributed by atoms with van der Waals surface area (Å²) < 4.78 is 27.1. The lowest BCUT2D eigenvalue weighted by Crippen LogP contribution is -2.55. The Labute approximate surface area is 181 Å². The molecule has 3 fully saturated rings. The van der Waals surface area contributed by atoms with Gasteiger partial charge in [0, 0.05) is 63.0 Å². The number of carbonyl (C=O) groups is 2. The number of aromatic nitrogens is 1. The Morgan fingerprint density at radius 2 is 1.80 bits per heavy atom. The molecule has 0 radical (unpaired) electrons. The number of nitrogens with one attached hydrogen (secondary N) is 2. The molecule has 166 valence electrons. The van der Waals surface area contributed by atoms with Crippen molar-refractivity contribution < 1.29 is 18.0 Å². The minimum Gasteiger partial charge on any atom is -0.356 e. The van der Waals surface area contributed by atoms with Crippen molar-refractivity contribution in [3.8, 4) is 0 Å². The van der Waals surface area contributed by atoms with Crippen LogP contribution in [0.3, 0.4) is 0 Å². The SMILES string of the molecule is CC(C(=O)NC1CC1)N1CCN(C(=O)c2cc(S(=O)(=O)N3CCSCC3)c[nH]2)CC1. The minimum absolute atomic E-state index is 0.0487. The molecule has 1 aliphatic carbocycles. The van der Waals surface area contributed by atoms with Crippen LogP contribution in [-0.4, -0.2) is 102 Å². The van der Waals surface area contributed by atoms with Crippen LogP contribution in [0.1, 0.15) is 30.3 Å². The first kappa shape index (κ1) is 21.7. The monoisotopic (exact) mass is 455 g/mol. The summed E-state index contributed by atoms with van der Waals surface area (Å²) in [5, 5.41) is 3.03. The Bertz CT molecular complexity index is 884. The van der Waals surface area contributed by atoms with Gasteiger partial charge in [-0.25, -0.2) is 8.42 Å². The van der Waals surface area contributed by atoms with Crippen LogP contribution in [0.15, 0.2) is 17.2 Å². The van der Waals surface area contributed by atoms with Gasteiger partial charge in [-0.2, -0.15) is 16.1 Å². The summed E-state index contributed by atoms with van der Waals surface area (Å²) in [5.41, 5.74) is 0.285. The smallest absolute Gasteiger partial charge is 0.270 e. The van der Waals surface area contributed by atoms with Gasteiger partial charge in [0.15, 0.2) is 0 Å². The van der Waals surface area contributed by atoms with Crippen molar-refractivity contribution in [2.75, 3.05) is 50.8 Å². The molecule has 0 bridgehead atoms. The first-order chi connectivity index (χ1) is 14.4. The molecule has 2 aliphatic heterocycles. The number of amides is 2. The number of piperazine rings is 1. The van der Waals surface area contributed by atoms with Crippen LogP contribution in [0.4, 0.5) is 0 Å². The second-order valence-corrected chi connectivity index (χ2v) is 11.2. The Hall–Kier alpha value is -1.56. The zero-order chi connectivity index (χ0) is 21.3. The average molecular weight is 456 g/mol. The molecule has 11 heteroatoms. The summed E-state index contributed by atoms with van der Waals surface area (Å²) in [6, 6.07) is 1.56. The zero-order valence-corrected chi connectivity index (χ0v) is 18.8. The number of nitrogens with zero attached hydrogens (tertiary/aromatic N) is 3. The van der Waals surface area contributed by atoms with E-state index in [1.807, 2.05) is 6.92 Å². The molecule has 1 unspecified atom stereocenters. The summed E-state index contributed by atoms with van der Waals surface area (Å²) in [6.07, 6.45) is 3.53. The molecule has 2 amide bonds. The molecule has 1 saturated carbocycles. The molecule has 0 spiro atoms. The largest absolute Gasteiger partial charge is 0.356 e. The van der Waals surface area contributed by atoms with Gasteiger partial charge in [0.05, 0.1) is 6.04 Å². The van der Waals surface area contributed by atoms with Gasteiger partial charge in [-0.1, -0.05) is 0 Å². The quantitative estimate of drug-likeness (QED) is 0.634. The summed E-state index contributed by atoms with van der Waals surface area (Å²) in [6.45, 7) is 5.13. The van der Waals surface area contributed by atoms with E-state index in [1.54, 1.807) is 16.7 Å². The molecule has 1 aromatic rings. The number of rotatable bonds is 6. The van der Waals surface area contributed by atoms with E-state index in [2.05, 4.69) is 15.2 Å². The summed E-state index contributed by atoms with van der Waals surface area (Å²) in [5.74, 6) is 1.42. The van der Waals surface area contributed by atoms with Gasteiger partial charge in [0.25, 0.3) is 5.91 Å². The van der Waals surface area contributed by atoms with Crippen molar-refractivity contribution >= 4 is 33.6 Å². The van der Waals surface area contributed by atoms with Crippen LogP contribution in [-0.2, 0) is 14.8 Å². The summed E-state index contributed by atoms with van der Waals surface area (Å²) in [7, 11) is -3.57. The highest BCUT2D eigenvalue weighted by molar-refractivity contribution is 7.99. The molecule has 2 N–H and O–H groups in total. The van der Waals surface area contributed by atoms with E-state index >= 15 is 0 Å². The van der Waals surface area contributed by atoms with E-state index in [-0.39, 0.29) is 28.4 Å². The first-order valence-corrected chi connectivity index (χ1v) is 13.1. The number of carbonyl (C=O) groups excluding carboxylic acids is 2. The predicted molar refractivity (Wildman–Crippen MR) is 115 cm³/mol. The van der Waals surface area contributed by atoms with Crippen molar-refractivity contribution in [1.29, 1.82) is 0 Å². The lowest BCUT2D eigenvalue weighted by molar-refractivity contribution is -0.126. The number of aromatic amines is 1. The maximum atomic E-state index is 12.9. The average Bonchev–Trinajstić information content (AvgIpc) is 3.43. The molecule has 0 aromatic carbocycles. The van der Waals surface area contributed by atoms with E-state index in [0.29, 0.717) is 45.3 Å². The van der Waals surface area contributed by atoms with Crippen LogP contribution in [0.5, 0.6) is 0 Å². The third kappa shape index (κ3) is 4.68. The molecule has 3 aliphatic rings. The van der Waals surface area contributed by atoms with E-state index in [0.717, 1.165) is 24.3 Å². The van der Waals surface area contributed by atoms with E-state index in [4.69, 9.17) is 0 Å². The molecule has 1 aromatic heterocycles. The van der Waals surface area contributed by atoms with Crippen molar-refractivity contribution in [2.45, 2.75) is 36.7 Å². The zero-order valence-electron chi connectivity index (χ0n) is 17.2. The van der Waals surface area contributed by atoms with E-state index < -0.39 is 10.0 Å². The molecule has 9 nitrogen and oxygen atoms in total. The normalized spacial score (nSPS) is 22.6. The predicted octanol–water partition coefficient (Wildman–Crippen LogP) is 0.177. The van der Waals surface area contributed by atoms with Crippen molar-refractivity contribution in [3.63, 3.8) is 0 Å². The Kier molecular flexibility index (Phi) is 6.42. The fourth-order valence-electron chi connectivity index (χ4n) is 3.78. The van der Waals surface area contributed by atoms with Crippen molar-refractivity contribution in [1.82, 2.24) is 24.4 Å². The number of hydrogen-bond acceptors (Lipinski definition) is 6. The van der Waals surface area contributed by atoms with Crippen LogP contribution < -0.4 is 5.32 Å². The van der Waals surface area contributed by atoms with E-state index in [1.165, 1.54) is 16.6 Å². The lowest BCUT2D eigenvalue weighted by Gasteiger charge is -2.37. The van der Waals surface area contributed by atoms with Gasteiger partial charge < -0.3 is 15.2 Å². The maximum Gasteiger partial charge on any atom is 0.270 e. The maximum absolute atomic E-state index is 12.9. The summed E-state index contributed by atoms with van der Waals surface area (Å²) in [4.78, 5) is 31.9. The number of H-pyrrole nitrogens is 1. The second kappa shape index (κ2) is 8.89. The van der Waals surface area contributed by atoms with Gasteiger partial charge in [-0.05, 0) is 25.8 Å². The molecule has 2 saturated heterocycles. The highest BCUT2D eigenvalue weighted by Crippen LogP contribution is 2.22. The van der Waals surface area contributed by atoms with Crippen LogP contribution in [0, 0.1) is 0 Å². The number of sulfonamides is 1. The third-order valence-corrected chi connectivity index (χ3v) is 8.77. The molecule has 1 atom stereocenters. The first-order valence-electron chi connectivity index (χ1n) is 10.5. The second-order valence-electron chi connectivity index (χ2n) is 8.05. The number of hydrogen-bond donors (Lipinski definition) is 2. The van der Waals surface area contributed by atoms with Gasteiger partial charge in [0.1, 0.15) is 10.6 Å². The Morgan fingerprint density at radius 1 is 1.13 bits per heavy atom. The molecule has 3 heterocycles. The standard InChI is InChI=1S/C19H29N5O4S2/c1-14(18(25)21-15-2-3-15)22-4-6-23(7-5-22)19(26)17-12-16(13-20-17)30(27,28)24-8-10-29-11-9-24/h12-15,20H,2-11H2,1H3,(H,21,25). The van der Waals surface area contributed by atoms with Crippen LogP contribution in [0.2, 0.25) is 0 Å². The Morgan fingerprint density at radius 3 is 2.43 bits per heavy atom.